The molecule has 0 nitrogen and oxygen atoms in total. The molecule has 0 atom stereocenters. The number of benzene rings is 7. The normalized spacial score (nSPS) is 12.4. The zero-order chi connectivity index (χ0) is 50.6. The summed E-state index contributed by atoms with van der Waals surface area (Å²) < 4.78 is 7.70. The van der Waals surface area contributed by atoms with Crippen molar-refractivity contribution in [2.75, 3.05) is 0 Å². The van der Waals surface area contributed by atoms with E-state index >= 15 is 0 Å². The molecule has 0 saturated carbocycles. The molecular weight excluding hydrogens is 1050 g/mol. The molecule has 0 aromatic heterocycles. The molecule has 0 heterocycles. The van der Waals surface area contributed by atoms with E-state index in [9.17, 15) is 0 Å². The summed E-state index contributed by atoms with van der Waals surface area (Å²) in [5.74, 6) is 3.18. The predicted molar refractivity (Wildman–Crippen MR) is 313 cm³/mol. The molecule has 0 amide bonds. The van der Waals surface area contributed by atoms with E-state index in [1.807, 2.05) is 0 Å². The Morgan fingerprint density at radius 2 is 0.529 bits per heavy atom. The van der Waals surface area contributed by atoms with Crippen LogP contribution in [0.25, 0.3) is 48.1 Å². The van der Waals surface area contributed by atoms with E-state index in [0.717, 1.165) is 0 Å². The predicted octanol–water partition coefficient (Wildman–Crippen LogP) is 18.7. The second-order valence-electron chi connectivity index (χ2n) is 22.1. The Balaban J connectivity index is 1.61. The molecule has 0 aliphatic rings. The second-order valence-corrected chi connectivity index (χ2v) is 28.9. The van der Waals surface area contributed by atoms with Crippen molar-refractivity contribution in [3.05, 3.63) is 194 Å². The van der Waals surface area contributed by atoms with Crippen LogP contribution in [0.2, 0.25) is 0 Å². The van der Waals surface area contributed by atoms with E-state index in [1.54, 1.807) is 10.7 Å². The third-order valence-corrected chi connectivity index (χ3v) is 24.6. The van der Waals surface area contributed by atoms with Gasteiger partial charge in [0.15, 0.2) is 0 Å². The fraction of sp³-hybridized carbons (Fsp3) is 0.353. The summed E-state index contributed by atoms with van der Waals surface area (Å²) in [4.78, 5) is 0. The van der Waals surface area contributed by atoms with E-state index in [0.29, 0.717) is 47.3 Å². The molecule has 0 fully saturated rings. The number of rotatable bonds is 17. The SMILES string of the molecule is CC(C)c1cccc(C(C)C)c1-c1cccc(-c2c(C(C)C)cccc2C(C)C)[c]1[Sn]/[CH]=[C](\[Sn][c]1c(-c2c(C(C)C)cccc2C(C)C)cccc1-c1c(C(C)C)cccc1C(C)C)c1ccccc1. The van der Waals surface area contributed by atoms with Gasteiger partial charge in [-0.2, -0.15) is 0 Å². The van der Waals surface area contributed by atoms with Crippen LogP contribution in [0.5, 0.6) is 0 Å². The van der Waals surface area contributed by atoms with Crippen LogP contribution < -0.4 is 7.16 Å². The first-order valence-electron chi connectivity index (χ1n) is 26.5. The first-order valence-corrected chi connectivity index (χ1v) is 32.4. The Bertz CT molecular complexity index is 2670. The van der Waals surface area contributed by atoms with Crippen LogP contribution in [0.4, 0.5) is 0 Å². The van der Waals surface area contributed by atoms with Gasteiger partial charge in [-0.3, -0.25) is 0 Å². The molecule has 0 bridgehead atoms. The molecule has 0 N–H and O–H groups in total. The van der Waals surface area contributed by atoms with Crippen LogP contribution in [0.15, 0.2) is 144 Å². The van der Waals surface area contributed by atoms with Gasteiger partial charge in [0.1, 0.15) is 0 Å². The average molecular weight is 1130 g/mol. The molecule has 0 aliphatic carbocycles. The molecule has 7 aromatic rings. The average Bonchev–Trinajstić information content (AvgIpc) is 3.34. The van der Waals surface area contributed by atoms with Crippen LogP contribution in [0.1, 0.15) is 208 Å². The topological polar surface area (TPSA) is 0 Å². The van der Waals surface area contributed by atoms with Gasteiger partial charge in [0, 0.05) is 0 Å². The van der Waals surface area contributed by atoms with Gasteiger partial charge in [-0.1, -0.05) is 0 Å². The minimum absolute atomic E-state index is 0.395. The van der Waals surface area contributed by atoms with Crippen molar-refractivity contribution in [3.8, 4) is 44.5 Å². The maximum atomic E-state index is 2.88. The van der Waals surface area contributed by atoms with Crippen molar-refractivity contribution < 1.29 is 0 Å². The third kappa shape index (κ3) is 11.4. The van der Waals surface area contributed by atoms with E-state index in [-0.39, 0.29) is 0 Å². The molecule has 7 rings (SSSR count). The summed E-state index contributed by atoms with van der Waals surface area (Å²) in [7, 11) is 0. The number of hydrogen-bond acceptors (Lipinski definition) is 0. The van der Waals surface area contributed by atoms with Gasteiger partial charge in [0.2, 0.25) is 0 Å². The summed E-state index contributed by atoms with van der Waals surface area (Å²) in [5.41, 5.74) is 24.8. The van der Waals surface area contributed by atoms with Gasteiger partial charge in [0.05, 0.1) is 0 Å². The van der Waals surface area contributed by atoms with Gasteiger partial charge in [-0.05, 0) is 0 Å². The molecule has 7 aromatic carbocycles. The van der Waals surface area contributed by atoms with E-state index < -0.39 is 42.3 Å². The number of hydrogen-bond donors (Lipinski definition) is 0. The van der Waals surface area contributed by atoms with Crippen LogP contribution in [0.3, 0.4) is 0 Å². The standard InChI is InChI=1S/2C30H37.C8H6.2Sn/c2*1-19(2)25-14-10-15-26(20(3)4)29(25)23-12-9-13-24(18-23)30-27(21(5)6)16-11-17-28(30)22(7)8;1-2-8-6-4-3-5-7-8;;/h2*9-17,19-22H,1-8H3;1,3-7H;;. The fourth-order valence-electron chi connectivity index (χ4n) is 10.8. The molecule has 0 saturated heterocycles. The second kappa shape index (κ2) is 23.6. The van der Waals surface area contributed by atoms with Gasteiger partial charge in [-0.15, -0.1) is 0 Å². The van der Waals surface area contributed by atoms with Crippen molar-refractivity contribution in [1.82, 2.24) is 0 Å². The van der Waals surface area contributed by atoms with Gasteiger partial charge >= 0.3 is 449 Å². The van der Waals surface area contributed by atoms with Crippen molar-refractivity contribution in [3.63, 3.8) is 0 Å². The van der Waals surface area contributed by atoms with Crippen LogP contribution in [0, 0.1) is 0 Å². The summed E-state index contributed by atoms with van der Waals surface area (Å²) >= 11 is -3.10. The Labute approximate surface area is 445 Å². The van der Waals surface area contributed by atoms with Crippen molar-refractivity contribution >= 4 is 53.0 Å². The minimum atomic E-state index is -1.59. The van der Waals surface area contributed by atoms with Crippen LogP contribution in [-0.2, 0) is 0 Å². The quantitative estimate of drug-likeness (QED) is 0.0797. The van der Waals surface area contributed by atoms with Crippen molar-refractivity contribution in [1.29, 1.82) is 0 Å². The zero-order valence-corrected chi connectivity index (χ0v) is 51.2. The maximum absolute atomic E-state index is 2.88. The molecule has 2 heteroatoms. The molecular formula is C68H80Sn2. The van der Waals surface area contributed by atoms with Crippen LogP contribution >= 0.6 is 0 Å². The summed E-state index contributed by atoms with van der Waals surface area (Å²) in [6.45, 7) is 38.2. The first kappa shape index (κ1) is 53.7. The van der Waals surface area contributed by atoms with Gasteiger partial charge in [-0.25, -0.2) is 0 Å². The fourth-order valence-corrected chi connectivity index (χ4v) is 20.7. The van der Waals surface area contributed by atoms with Crippen molar-refractivity contribution in [2.45, 2.75) is 158 Å². The first-order chi connectivity index (χ1) is 33.4. The summed E-state index contributed by atoms with van der Waals surface area (Å²) in [5, 5.41) is 0. The molecule has 70 heavy (non-hydrogen) atoms. The van der Waals surface area contributed by atoms with Gasteiger partial charge in [0.25, 0.3) is 0 Å². The monoisotopic (exact) mass is 1140 g/mol. The van der Waals surface area contributed by atoms with Gasteiger partial charge < -0.3 is 0 Å². The molecule has 0 spiro atoms. The summed E-state index contributed by atoms with van der Waals surface area (Å²) in [6, 6.07) is 54.9. The van der Waals surface area contributed by atoms with E-state index in [4.69, 9.17) is 0 Å². The molecule has 0 aliphatic heterocycles. The Kier molecular flexibility index (Phi) is 18.1. The Hall–Kier alpha value is -4.12. The molecule has 0 unspecified atom stereocenters. The van der Waals surface area contributed by atoms with Crippen LogP contribution in [-0.4, -0.2) is 42.3 Å². The van der Waals surface area contributed by atoms with E-state index in [2.05, 4.69) is 254 Å². The Morgan fingerprint density at radius 1 is 0.286 bits per heavy atom. The third-order valence-electron chi connectivity index (χ3n) is 14.4. The summed E-state index contributed by atoms with van der Waals surface area (Å²) in [6.07, 6.45) is 0. The van der Waals surface area contributed by atoms with Crippen molar-refractivity contribution in [2.24, 2.45) is 0 Å². The molecule has 4 radical (unpaired) electrons. The molecule has 360 valence electrons. The van der Waals surface area contributed by atoms with E-state index in [1.165, 1.54) is 94.6 Å². The Morgan fingerprint density at radius 3 is 0.786 bits per heavy atom. The zero-order valence-electron chi connectivity index (χ0n) is 45.5.